The number of hydrogen-bond acceptors (Lipinski definition) is 4. The maximum Gasteiger partial charge on any atom is 0.416 e. The Labute approximate surface area is 136 Å². The number of alkyl halides is 3. The highest BCUT2D eigenvalue weighted by Gasteiger charge is 2.33. The molecular formula is C16H14F3N3O2. The standard InChI is InChI=1S/C16H14F3N3O2/c1-2-13(11-6-4-3-5-7-11)20-21-14-9-8-12(16(17,18)19)10-15(14)22(23)24/h3-10,21H,2H2,1H3/b20-13-. The second-order valence-electron chi connectivity index (χ2n) is 4.88. The summed E-state index contributed by atoms with van der Waals surface area (Å²) < 4.78 is 38.0. The summed E-state index contributed by atoms with van der Waals surface area (Å²) in [7, 11) is 0. The first-order valence-electron chi connectivity index (χ1n) is 7.06. The van der Waals surface area contributed by atoms with Crippen LogP contribution in [-0.2, 0) is 6.18 Å². The first-order chi connectivity index (χ1) is 11.3. The highest BCUT2D eigenvalue weighted by molar-refractivity contribution is 6.00. The number of hydrazone groups is 1. The Bertz CT molecular complexity index is 759. The summed E-state index contributed by atoms with van der Waals surface area (Å²) in [5.74, 6) is 0. The van der Waals surface area contributed by atoms with Gasteiger partial charge < -0.3 is 0 Å². The van der Waals surface area contributed by atoms with Crippen LogP contribution in [-0.4, -0.2) is 10.6 Å². The van der Waals surface area contributed by atoms with Gasteiger partial charge in [0.15, 0.2) is 0 Å². The zero-order valence-electron chi connectivity index (χ0n) is 12.7. The fraction of sp³-hybridized carbons (Fsp3) is 0.188. The Morgan fingerprint density at radius 2 is 1.88 bits per heavy atom. The summed E-state index contributed by atoms with van der Waals surface area (Å²) >= 11 is 0. The van der Waals surface area contributed by atoms with Crippen molar-refractivity contribution in [3.05, 3.63) is 69.8 Å². The van der Waals surface area contributed by atoms with Crippen LogP contribution >= 0.6 is 0 Å². The van der Waals surface area contributed by atoms with Crippen molar-refractivity contribution in [3.63, 3.8) is 0 Å². The van der Waals surface area contributed by atoms with Crippen LogP contribution in [0.2, 0.25) is 0 Å². The van der Waals surface area contributed by atoms with Crippen LogP contribution in [0.4, 0.5) is 24.5 Å². The Balaban J connectivity index is 2.35. The molecule has 0 amide bonds. The van der Waals surface area contributed by atoms with Crippen LogP contribution in [0.1, 0.15) is 24.5 Å². The van der Waals surface area contributed by atoms with Crippen LogP contribution in [0, 0.1) is 10.1 Å². The normalized spacial score (nSPS) is 12.1. The first-order valence-corrected chi connectivity index (χ1v) is 7.06. The molecule has 0 heterocycles. The molecule has 0 aromatic heterocycles. The maximum atomic E-state index is 12.7. The second kappa shape index (κ2) is 7.12. The lowest BCUT2D eigenvalue weighted by molar-refractivity contribution is -0.384. The number of halogens is 3. The highest BCUT2D eigenvalue weighted by Crippen LogP contribution is 2.35. The van der Waals surface area contributed by atoms with Crippen LogP contribution in [0.5, 0.6) is 0 Å². The minimum Gasteiger partial charge on any atom is -0.271 e. The van der Waals surface area contributed by atoms with E-state index in [0.29, 0.717) is 18.2 Å². The molecule has 5 nitrogen and oxygen atoms in total. The molecule has 0 radical (unpaired) electrons. The number of hydrogen-bond donors (Lipinski definition) is 1. The van der Waals surface area contributed by atoms with Crippen molar-refractivity contribution in [1.82, 2.24) is 0 Å². The molecule has 0 fully saturated rings. The molecule has 2 rings (SSSR count). The van der Waals surface area contributed by atoms with E-state index in [9.17, 15) is 23.3 Å². The Morgan fingerprint density at radius 1 is 1.21 bits per heavy atom. The van der Waals surface area contributed by atoms with E-state index in [4.69, 9.17) is 0 Å². The number of nitro benzene ring substituents is 1. The number of benzene rings is 2. The Kier molecular flexibility index (Phi) is 5.18. The third-order valence-electron chi connectivity index (χ3n) is 3.27. The quantitative estimate of drug-likeness (QED) is 0.482. The molecule has 126 valence electrons. The number of nitro groups is 1. The third kappa shape index (κ3) is 4.09. The average Bonchev–Trinajstić information content (AvgIpc) is 2.55. The monoisotopic (exact) mass is 337 g/mol. The van der Waals surface area contributed by atoms with E-state index in [1.807, 2.05) is 37.3 Å². The lowest BCUT2D eigenvalue weighted by Crippen LogP contribution is -2.08. The molecular weight excluding hydrogens is 323 g/mol. The van der Waals surface area contributed by atoms with Gasteiger partial charge in [0.2, 0.25) is 0 Å². The van der Waals surface area contributed by atoms with E-state index in [2.05, 4.69) is 10.5 Å². The topological polar surface area (TPSA) is 67.5 Å². The summed E-state index contributed by atoms with van der Waals surface area (Å²) in [6.45, 7) is 1.86. The van der Waals surface area contributed by atoms with Gasteiger partial charge in [-0.3, -0.25) is 15.5 Å². The molecule has 0 atom stereocenters. The fourth-order valence-electron chi connectivity index (χ4n) is 2.06. The molecule has 0 aliphatic heterocycles. The molecule has 0 aliphatic carbocycles. The van der Waals surface area contributed by atoms with Gasteiger partial charge in [-0.05, 0) is 24.1 Å². The summed E-state index contributed by atoms with van der Waals surface area (Å²) in [5.41, 5.74) is 2.09. The van der Waals surface area contributed by atoms with Gasteiger partial charge in [0.1, 0.15) is 5.69 Å². The summed E-state index contributed by atoms with van der Waals surface area (Å²) in [6.07, 6.45) is -4.10. The van der Waals surface area contributed by atoms with Crippen molar-refractivity contribution in [2.75, 3.05) is 5.43 Å². The molecule has 0 saturated carbocycles. The molecule has 24 heavy (non-hydrogen) atoms. The molecule has 2 aromatic rings. The third-order valence-corrected chi connectivity index (χ3v) is 3.27. The summed E-state index contributed by atoms with van der Waals surface area (Å²) in [4.78, 5) is 10.2. The van der Waals surface area contributed by atoms with Gasteiger partial charge in [-0.1, -0.05) is 37.3 Å². The fourth-order valence-corrected chi connectivity index (χ4v) is 2.06. The van der Waals surface area contributed by atoms with Gasteiger partial charge in [-0.15, -0.1) is 0 Å². The van der Waals surface area contributed by atoms with Gasteiger partial charge in [0, 0.05) is 6.07 Å². The van der Waals surface area contributed by atoms with Crippen LogP contribution < -0.4 is 5.43 Å². The lowest BCUT2D eigenvalue weighted by atomic mass is 10.1. The molecule has 0 saturated heterocycles. The van der Waals surface area contributed by atoms with Gasteiger partial charge in [-0.2, -0.15) is 18.3 Å². The van der Waals surface area contributed by atoms with Crippen molar-refractivity contribution in [2.24, 2.45) is 5.10 Å². The molecule has 0 aliphatic rings. The van der Waals surface area contributed by atoms with E-state index in [-0.39, 0.29) is 5.69 Å². The Morgan fingerprint density at radius 3 is 2.42 bits per heavy atom. The maximum absolute atomic E-state index is 12.7. The average molecular weight is 337 g/mol. The zero-order chi connectivity index (χ0) is 17.7. The van der Waals surface area contributed by atoms with Gasteiger partial charge in [-0.25, -0.2) is 0 Å². The van der Waals surface area contributed by atoms with Crippen LogP contribution in [0.3, 0.4) is 0 Å². The van der Waals surface area contributed by atoms with Crippen molar-refractivity contribution >= 4 is 17.1 Å². The predicted octanol–water partition coefficient (Wildman–Crippen LogP) is 4.84. The molecule has 0 unspecified atom stereocenters. The van der Waals surface area contributed by atoms with Crippen molar-refractivity contribution in [1.29, 1.82) is 0 Å². The minimum absolute atomic E-state index is 0.102. The smallest absolute Gasteiger partial charge is 0.271 e. The lowest BCUT2D eigenvalue weighted by Gasteiger charge is -2.09. The van der Waals surface area contributed by atoms with Gasteiger partial charge in [0.25, 0.3) is 5.69 Å². The summed E-state index contributed by atoms with van der Waals surface area (Å²) in [5, 5.41) is 15.1. The van der Waals surface area contributed by atoms with Crippen molar-refractivity contribution in [2.45, 2.75) is 19.5 Å². The number of anilines is 1. The molecule has 1 N–H and O–H groups in total. The van der Waals surface area contributed by atoms with E-state index in [1.165, 1.54) is 0 Å². The SMILES string of the molecule is CC/C(=N/Nc1ccc(C(F)(F)F)cc1[N+](=O)[O-])c1ccccc1. The van der Waals surface area contributed by atoms with Crippen molar-refractivity contribution in [3.8, 4) is 0 Å². The molecule has 0 spiro atoms. The van der Waals surface area contributed by atoms with E-state index in [0.717, 1.165) is 17.7 Å². The first kappa shape index (κ1) is 17.5. The van der Waals surface area contributed by atoms with E-state index < -0.39 is 22.4 Å². The number of nitrogens with one attached hydrogen (secondary N) is 1. The van der Waals surface area contributed by atoms with Gasteiger partial charge >= 0.3 is 6.18 Å². The van der Waals surface area contributed by atoms with Crippen molar-refractivity contribution < 1.29 is 18.1 Å². The number of rotatable bonds is 5. The largest absolute Gasteiger partial charge is 0.416 e. The molecule has 8 heteroatoms. The molecule has 0 bridgehead atoms. The zero-order valence-corrected chi connectivity index (χ0v) is 12.7. The van der Waals surface area contributed by atoms with E-state index >= 15 is 0 Å². The summed E-state index contributed by atoms with van der Waals surface area (Å²) in [6, 6.07) is 11.4. The Hall–Kier alpha value is -2.90. The minimum atomic E-state index is -4.65. The highest BCUT2D eigenvalue weighted by atomic mass is 19.4. The van der Waals surface area contributed by atoms with E-state index in [1.54, 1.807) is 0 Å². The predicted molar refractivity (Wildman–Crippen MR) is 85.0 cm³/mol. The second-order valence-corrected chi connectivity index (χ2v) is 4.88. The van der Waals surface area contributed by atoms with Crippen LogP contribution in [0.15, 0.2) is 53.6 Å². The van der Waals surface area contributed by atoms with Crippen LogP contribution in [0.25, 0.3) is 0 Å². The molecule has 2 aromatic carbocycles. The van der Waals surface area contributed by atoms with Gasteiger partial charge in [0.05, 0.1) is 16.2 Å². The number of nitrogens with zero attached hydrogens (tertiary/aromatic N) is 2.